The molecule has 4 rings (SSSR count). The van der Waals surface area contributed by atoms with Crippen LogP contribution in [0.2, 0.25) is 5.02 Å². The summed E-state index contributed by atoms with van der Waals surface area (Å²) in [6.07, 6.45) is 0.0171. The predicted molar refractivity (Wildman–Crippen MR) is 131 cm³/mol. The van der Waals surface area contributed by atoms with Gasteiger partial charge in [-0.15, -0.1) is 0 Å². The molecule has 0 spiro atoms. The fourth-order valence-corrected chi connectivity index (χ4v) is 4.38. The first-order chi connectivity index (χ1) is 16.4. The minimum Gasteiger partial charge on any atom is -0.497 e. The summed E-state index contributed by atoms with van der Waals surface area (Å²) in [5.41, 5.74) is 2.12. The van der Waals surface area contributed by atoms with Crippen molar-refractivity contribution in [1.29, 1.82) is 0 Å². The maximum absolute atomic E-state index is 13.6. The van der Waals surface area contributed by atoms with Gasteiger partial charge in [0.1, 0.15) is 11.8 Å². The van der Waals surface area contributed by atoms with Crippen molar-refractivity contribution in [3.05, 3.63) is 95.0 Å². The van der Waals surface area contributed by atoms with E-state index in [0.29, 0.717) is 16.5 Å². The van der Waals surface area contributed by atoms with E-state index in [2.05, 4.69) is 0 Å². The highest BCUT2D eigenvalue weighted by Gasteiger charge is 2.45. The second-order valence-corrected chi connectivity index (χ2v) is 8.61. The number of nitrogens with zero attached hydrogens (tertiary/aromatic N) is 2. The Hall–Kier alpha value is -3.64. The second-order valence-electron chi connectivity index (χ2n) is 8.18. The maximum Gasteiger partial charge on any atom is 0.257 e. The van der Waals surface area contributed by atoms with Gasteiger partial charge in [-0.1, -0.05) is 54.1 Å². The number of rotatable bonds is 7. The molecular formula is C27H25ClN2O4. The molecule has 7 heteroatoms. The molecule has 1 saturated heterocycles. The Morgan fingerprint density at radius 2 is 1.68 bits per heavy atom. The molecule has 3 amide bonds. The van der Waals surface area contributed by atoms with Gasteiger partial charge in [-0.2, -0.15) is 0 Å². The molecule has 174 valence electrons. The van der Waals surface area contributed by atoms with Crippen LogP contribution < -0.4 is 9.64 Å². The van der Waals surface area contributed by atoms with Crippen molar-refractivity contribution in [3.63, 3.8) is 0 Å². The van der Waals surface area contributed by atoms with E-state index in [1.54, 1.807) is 60.5 Å². The van der Waals surface area contributed by atoms with Crippen molar-refractivity contribution >= 4 is 35.0 Å². The lowest BCUT2D eigenvalue weighted by atomic mass is 10.0. The van der Waals surface area contributed by atoms with Crippen LogP contribution in [0, 0.1) is 0 Å². The minimum absolute atomic E-state index is 0.0750. The number of hydrogen-bond donors (Lipinski definition) is 0. The number of methoxy groups -OCH3 is 1. The van der Waals surface area contributed by atoms with Gasteiger partial charge in [0.05, 0.1) is 31.7 Å². The molecule has 1 aliphatic heterocycles. The molecule has 1 fully saturated rings. The third kappa shape index (κ3) is 4.82. The van der Waals surface area contributed by atoms with Crippen LogP contribution in [0.25, 0.3) is 0 Å². The van der Waals surface area contributed by atoms with E-state index in [-0.39, 0.29) is 24.7 Å². The van der Waals surface area contributed by atoms with Gasteiger partial charge in [-0.25, -0.2) is 4.90 Å². The molecule has 0 aromatic heterocycles. The Balaban J connectivity index is 1.66. The van der Waals surface area contributed by atoms with Gasteiger partial charge in [0, 0.05) is 5.02 Å². The van der Waals surface area contributed by atoms with E-state index in [4.69, 9.17) is 16.3 Å². The Kier molecular flexibility index (Phi) is 6.98. The SMILES string of the molecule is COc1ccc(N2C(=O)CC(N(C(=O)Cc3ccc(Cl)cc3)C(C)c3ccccc3)C2=O)cc1. The third-order valence-corrected chi connectivity index (χ3v) is 6.30. The number of ether oxygens (including phenoxy) is 1. The Morgan fingerprint density at radius 3 is 2.29 bits per heavy atom. The summed E-state index contributed by atoms with van der Waals surface area (Å²) in [4.78, 5) is 42.7. The molecule has 0 aliphatic carbocycles. The summed E-state index contributed by atoms with van der Waals surface area (Å²) in [7, 11) is 1.55. The molecule has 3 aromatic rings. The monoisotopic (exact) mass is 476 g/mol. The number of halogens is 1. The van der Waals surface area contributed by atoms with Gasteiger partial charge < -0.3 is 9.64 Å². The lowest BCUT2D eigenvalue weighted by molar-refractivity contribution is -0.140. The van der Waals surface area contributed by atoms with Crippen LogP contribution in [0.1, 0.15) is 30.5 Å². The summed E-state index contributed by atoms with van der Waals surface area (Å²) in [6.45, 7) is 1.88. The highest BCUT2D eigenvalue weighted by molar-refractivity contribution is 6.30. The summed E-state index contributed by atoms with van der Waals surface area (Å²) >= 11 is 5.98. The molecule has 2 atom stereocenters. The lowest BCUT2D eigenvalue weighted by Crippen LogP contribution is -2.47. The van der Waals surface area contributed by atoms with Gasteiger partial charge in [-0.05, 0) is 54.4 Å². The van der Waals surface area contributed by atoms with Crippen LogP contribution in [0.3, 0.4) is 0 Å². The van der Waals surface area contributed by atoms with Crippen LogP contribution in [0.15, 0.2) is 78.9 Å². The number of hydrogen-bond acceptors (Lipinski definition) is 4. The van der Waals surface area contributed by atoms with E-state index in [0.717, 1.165) is 16.0 Å². The average molecular weight is 477 g/mol. The zero-order valence-corrected chi connectivity index (χ0v) is 19.7. The van der Waals surface area contributed by atoms with Crippen LogP contribution in [0.5, 0.6) is 5.75 Å². The van der Waals surface area contributed by atoms with Gasteiger partial charge in [0.15, 0.2) is 0 Å². The molecule has 2 unspecified atom stereocenters. The number of anilines is 1. The van der Waals surface area contributed by atoms with Crippen molar-refractivity contribution in [2.24, 2.45) is 0 Å². The normalized spacial score (nSPS) is 16.4. The number of carbonyl (C=O) groups excluding carboxylic acids is 3. The third-order valence-electron chi connectivity index (χ3n) is 6.05. The van der Waals surface area contributed by atoms with Crippen molar-refractivity contribution < 1.29 is 19.1 Å². The fraction of sp³-hybridized carbons (Fsp3) is 0.222. The number of benzene rings is 3. The maximum atomic E-state index is 13.6. The molecule has 0 radical (unpaired) electrons. The Bertz CT molecular complexity index is 1180. The molecule has 1 aliphatic rings. The van der Waals surface area contributed by atoms with Crippen LogP contribution in [-0.4, -0.2) is 35.8 Å². The first kappa shape index (κ1) is 23.5. The standard InChI is InChI=1S/C27H25ClN2O4/c1-18(20-6-4-3-5-7-20)29(25(31)16-19-8-10-21(28)11-9-19)24-17-26(32)30(27(24)33)22-12-14-23(34-2)15-13-22/h3-15,18,24H,16-17H2,1-2H3. The summed E-state index contributed by atoms with van der Waals surface area (Å²) in [6, 6.07) is 21.9. The van der Waals surface area contributed by atoms with E-state index in [9.17, 15) is 14.4 Å². The van der Waals surface area contributed by atoms with E-state index >= 15 is 0 Å². The highest BCUT2D eigenvalue weighted by atomic mass is 35.5. The lowest BCUT2D eigenvalue weighted by Gasteiger charge is -2.34. The predicted octanol–water partition coefficient (Wildman–Crippen LogP) is 4.81. The van der Waals surface area contributed by atoms with E-state index in [1.807, 2.05) is 37.3 Å². The summed E-state index contributed by atoms with van der Waals surface area (Å²) in [5.74, 6) is -0.370. The molecule has 1 heterocycles. The van der Waals surface area contributed by atoms with Crippen molar-refractivity contribution in [2.45, 2.75) is 31.8 Å². The topological polar surface area (TPSA) is 66.9 Å². The number of carbonyl (C=O) groups is 3. The summed E-state index contributed by atoms with van der Waals surface area (Å²) < 4.78 is 5.17. The Morgan fingerprint density at radius 1 is 1.03 bits per heavy atom. The van der Waals surface area contributed by atoms with Gasteiger partial charge in [0.25, 0.3) is 5.91 Å². The van der Waals surface area contributed by atoms with E-state index in [1.165, 1.54) is 0 Å². The second kappa shape index (κ2) is 10.1. The molecule has 0 bridgehead atoms. The largest absolute Gasteiger partial charge is 0.497 e. The smallest absolute Gasteiger partial charge is 0.257 e. The first-order valence-electron chi connectivity index (χ1n) is 11.0. The quantitative estimate of drug-likeness (QED) is 0.459. The van der Waals surface area contributed by atoms with Gasteiger partial charge >= 0.3 is 0 Å². The van der Waals surface area contributed by atoms with E-state index < -0.39 is 18.0 Å². The number of amides is 3. The highest BCUT2D eigenvalue weighted by Crippen LogP contribution is 2.32. The first-order valence-corrected chi connectivity index (χ1v) is 11.4. The molecule has 0 N–H and O–H groups in total. The van der Waals surface area contributed by atoms with Crippen molar-refractivity contribution in [2.75, 3.05) is 12.0 Å². The van der Waals surface area contributed by atoms with Crippen LogP contribution >= 0.6 is 11.6 Å². The molecule has 0 saturated carbocycles. The van der Waals surface area contributed by atoms with Crippen LogP contribution in [-0.2, 0) is 20.8 Å². The fourth-order valence-electron chi connectivity index (χ4n) is 4.26. The minimum atomic E-state index is -0.899. The van der Waals surface area contributed by atoms with Crippen molar-refractivity contribution in [1.82, 2.24) is 4.90 Å². The average Bonchev–Trinajstić information content (AvgIpc) is 3.14. The number of imide groups is 1. The molecule has 34 heavy (non-hydrogen) atoms. The Labute approximate surface area is 203 Å². The zero-order chi connectivity index (χ0) is 24.2. The van der Waals surface area contributed by atoms with Crippen molar-refractivity contribution in [3.8, 4) is 5.75 Å². The van der Waals surface area contributed by atoms with Crippen LogP contribution in [0.4, 0.5) is 5.69 Å². The molecule has 6 nitrogen and oxygen atoms in total. The zero-order valence-electron chi connectivity index (χ0n) is 19.0. The van der Waals surface area contributed by atoms with Gasteiger partial charge in [-0.3, -0.25) is 14.4 Å². The summed E-state index contributed by atoms with van der Waals surface area (Å²) in [5, 5.41) is 0.581. The molecule has 3 aromatic carbocycles. The van der Waals surface area contributed by atoms with Gasteiger partial charge in [0.2, 0.25) is 11.8 Å². The molecular weight excluding hydrogens is 452 g/mol.